The Morgan fingerprint density at radius 1 is 1.00 bits per heavy atom. The normalized spacial score (nSPS) is 23.2. The fraction of sp³-hybridized carbons (Fsp3) is 0.568. The van der Waals surface area contributed by atoms with Gasteiger partial charge in [-0.15, -0.1) is 0 Å². The van der Waals surface area contributed by atoms with E-state index >= 15 is 0 Å². The van der Waals surface area contributed by atoms with E-state index in [1.165, 1.54) is 0 Å². The molecule has 0 aromatic heterocycles. The molecule has 0 spiro atoms. The van der Waals surface area contributed by atoms with Crippen molar-refractivity contribution in [1.82, 2.24) is 20.9 Å². The number of nitrogens with one attached hydrogen (secondary N) is 3. The van der Waals surface area contributed by atoms with Gasteiger partial charge >= 0.3 is 0 Å². The Morgan fingerprint density at radius 3 is 2.62 bits per heavy atom. The van der Waals surface area contributed by atoms with Crippen LogP contribution in [0.15, 0.2) is 48.5 Å². The van der Waals surface area contributed by atoms with E-state index in [4.69, 9.17) is 9.47 Å². The van der Waals surface area contributed by atoms with E-state index in [0.29, 0.717) is 32.5 Å². The molecular weight excluding hydrogens is 596 g/mol. The third-order valence-electron chi connectivity index (χ3n) is 9.65. The second-order valence-corrected chi connectivity index (χ2v) is 13.2. The van der Waals surface area contributed by atoms with Crippen LogP contribution < -0.4 is 20.7 Å². The van der Waals surface area contributed by atoms with Gasteiger partial charge in [-0.2, -0.15) is 0 Å². The van der Waals surface area contributed by atoms with Gasteiger partial charge in [-0.1, -0.05) is 49.2 Å². The molecule has 10 nitrogen and oxygen atoms in total. The Morgan fingerprint density at radius 2 is 1.81 bits per heavy atom. The fourth-order valence-corrected chi connectivity index (χ4v) is 6.75. The van der Waals surface area contributed by atoms with Crippen molar-refractivity contribution in [1.29, 1.82) is 0 Å². The molecule has 1 saturated heterocycles. The maximum absolute atomic E-state index is 13.9. The minimum Gasteiger partial charge on any atom is -0.494 e. The van der Waals surface area contributed by atoms with Crippen LogP contribution in [0.4, 0.5) is 0 Å². The van der Waals surface area contributed by atoms with Crippen LogP contribution >= 0.6 is 0 Å². The summed E-state index contributed by atoms with van der Waals surface area (Å²) in [6, 6.07) is 13.7. The molecule has 4 amide bonds. The molecule has 2 aliphatic heterocycles. The number of ether oxygens (including phenoxy) is 2. The largest absolute Gasteiger partial charge is 0.494 e. The van der Waals surface area contributed by atoms with E-state index in [2.05, 4.69) is 16.0 Å². The molecule has 2 fully saturated rings. The van der Waals surface area contributed by atoms with Crippen molar-refractivity contribution in [3.8, 4) is 5.75 Å². The van der Waals surface area contributed by atoms with Crippen LogP contribution in [0.2, 0.25) is 0 Å². The van der Waals surface area contributed by atoms with Crippen LogP contribution in [0.1, 0.15) is 80.9 Å². The average molecular weight is 647 g/mol. The first kappa shape index (κ1) is 34.4. The lowest BCUT2D eigenvalue weighted by molar-refractivity contribution is -0.138. The number of hydrogen-bond donors (Lipinski definition) is 3. The van der Waals surface area contributed by atoms with Crippen molar-refractivity contribution >= 4 is 23.6 Å². The molecule has 0 radical (unpaired) electrons. The average Bonchev–Trinajstić information content (AvgIpc) is 3.60. The number of aryl methyl sites for hydroxylation is 2. The zero-order valence-electron chi connectivity index (χ0n) is 27.6. The first-order valence-electron chi connectivity index (χ1n) is 17.4. The Bertz CT molecular complexity index is 1360. The number of amides is 4. The number of piperidine rings is 1. The number of hydrogen-bond acceptors (Lipinski definition) is 6. The third-order valence-corrected chi connectivity index (χ3v) is 9.65. The highest BCUT2D eigenvalue weighted by Gasteiger charge is 2.32. The lowest BCUT2D eigenvalue weighted by Crippen LogP contribution is -2.55. The van der Waals surface area contributed by atoms with Gasteiger partial charge in [0, 0.05) is 26.1 Å². The predicted octanol–water partition coefficient (Wildman–Crippen LogP) is 3.97. The topological polar surface area (TPSA) is 126 Å². The number of carbonyl (C=O) groups excluding carboxylic acids is 4. The van der Waals surface area contributed by atoms with Crippen LogP contribution in [-0.4, -0.2) is 73.0 Å². The molecule has 1 saturated carbocycles. The van der Waals surface area contributed by atoms with E-state index < -0.39 is 18.0 Å². The highest BCUT2D eigenvalue weighted by molar-refractivity contribution is 5.95. The molecule has 5 rings (SSSR count). The van der Waals surface area contributed by atoms with Gasteiger partial charge in [0.1, 0.15) is 17.8 Å². The maximum Gasteiger partial charge on any atom is 0.243 e. The molecule has 1 unspecified atom stereocenters. The summed E-state index contributed by atoms with van der Waals surface area (Å²) in [6.45, 7) is 4.24. The summed E-state index contributed by atoms with van der Waals surface area (Å²) in [4.78, 5) is 56.0. The first-order valence-corrected chi connectivity index (χ1v) is 17.4. The second-order valence-electron chi connectivity index (χ2n) is 13.2. The predicted molar refractivity (Wildman–Crippen MR) is 179 cm³/mol. The van der Waals surface area contributed by atoms with Crippen LogP contribution in [0.25, 0.3) is 0 Å². The van der Waals surface area contributed by atoms with E-state index in [1.807, 2.05) is 55.5 Å². The maximum atomic E-state index is 13.9. The minimum atomic E-state index is -1.12. The Hall–Kier alpha value is -3.92. The van der Waals surface area contributed by atoms with E-state index in [0.717, 1.165) is 67.4 Å². The van der Waals surface area contributed by atoms with Gasteiger partial charge < -0.3 is 30.3 Å². The SMILES string of the molecule is Cc1ccc2cc1CNC(=O)[C@H](CCc1ccccc1)NC(=O)[C@@H](NC(=O)CCOC1CCCC1)CC(=O)N1CCCC(CCO2)C1. The monoisotopic (exact) mass is 646 g/mol. The standard InChI is InChI=1S/C37H50N4O6/c1-26-13-15-31-22-29(26)24-38-36(44)32(16-14-27-8-3-2-4-9-27)40-37(45)33(39-34(42)18-21-46-30-11-5-6-12-30)23-35(43)41-19-7-10-28(25-41)17-20-47-31/h2-4,8-9,13,15,22,28,30,32-33H,5-7,10-12,14,16-21,23-25H2,1H3,(H,38,44)(H,39,42)(H,40,45)/t28?,32-,33-/m0/s1. The Kier molecular flexibility index (Phi) is 12.7. The van der Waals surface area contributed by atoms with Gasteiger partial charge in [0.05, 0.1) is 25.7 Å². The fourth-order valence-electron chi connectivity index (χ4n) is 6.75. The molecule has 4 bridgehead atoms. The zero-order chi connectivity index (χ0) is 33.0. The molecule has 2 aromatic carbocycles. The molecular formula is C37H50N4O6. The van der Waals surface area contributed by atoms with Gasteiger partial charge in [0.25, 0.3) is 0 Å². The Labute approximate surface area is 278 Å². The highest BCUT2D eigenvalue weighted by Crippen LogP contribution is 2.24. The van der Waals surface area contributed by atoms with Crippen molar-refractivity contribution in [2.75, 3.05) is 26.3 Å². The molecule has 3 atom stereocenters. The second kappa shape index (κ2) is 17.3. The molecule has 2 heterocycles. The first-order chi connectivity index (χ1) is 22.8. The summed E-state index contributed by atoms with van der Waals surface area (Å²) in [6.07, 6.45) is 7.95. The minimum absolute atomic E-state index is 0.0938. The summed E-state index contributed by atoms with van der Waals surface area (Å²) in [5.41, 5.74) is 3.00. The summed E-state index contributed by atoms with van der Waals surface area (Å²) in [5.74, 6) is -0.391. The lowest BCUT2D eigenvalue weighted by Gasteiger charge is -2.34. The number of fused-ring (bicyclic) bond motifs is 4. The van der Waals surface area contributed by atoms with Gasteiger partial charge in [-0.25, -0.2) is 0 Å². The van der Waals surface area contributed by atoms with Gasteiger partial charge in [-0.05, 0) is 86.6 Å². The summed E-state index contributed by atoms with van der Waals surface area (Å²) < 4.78 is 12.0. The van der Waals surface area contributed by atoms with Crippen molar-refractivity contribution in [3.63, 3.8) is 0 Å². The summed E-state index contributed by atoms with van der Waals surface area (Å²) in [5, 5.41) is 8.72. The van der Waals surface area contributed by atoms with Crippen LogP contribution in [0.5, 0.6) is 5.75 Å². The number of nitrogens with zero attached hydrogens (tertiary/aromatic N) is 1. The van der Waals surface area contributed by atoms with Crippen LogP contribution in [0.3, 0.4) is 0 Å². The van der Waals surface area contributed by atoms with Crippen molar-refractivity contribution in [2.24, 2.45) is 5.92 Å². The van der Waals surface area contributed by atoms with Crippen LogP contribution in [0, 0.1) is 12.8 Å². The van der Waals surface area contributed by atoms with Crippen molar-refractivity contribution in [3.05, 3.63) is 65.2 Å². The lowest BCUT2D eigenvalue weighted by atomic mass is 9.94. The third kappa shape index (κ3) is 10.5. The molecule has 254 valence electrons. The van der Waals surface area contributed by atoms with E-state index in [9.17, 15) is 19.2 Å². The van der Waals surface area contributed by atoms with E-state index in [-0.39, 0.29) is 55.7 Å². The van der Waals surface area contributed by atoms with Crippen LogP contribution in [-0.2, 0) is 36.9 Å². The zero-order valence-corrected chi connectivity index (χ0v) is 27.6. The number of rotatable bonds is 8. The van der Waals surface area contributed by atoms with Gasteiger partial charge in [0.2, 0.25) is 23.6 Å². The smallest absolute Gasteiger partial charge is 0.243 e. The summed E-state index contributed by atoms with van der Waals surface area (Å²) in [7, 11) is 0. The number of carbonyl (C=O) groups is 4. The quantitative estimate of drug-likeness (QED) is 0.399. The highest BCUT2D eigenvalue weighted by atomic mass is 16.5. The van der Waals surface area contributed by atoms with Gasteiger partial charge in [0.15, 0.2) is 0 Å². The Balaban J connectivity index is 1.34. The number of benzene rings is 2. The molecule has 1 aliphatic carbocycles. The van der Waals surface area contributed by atoms with Gasteiger partial charge in [-0.3, -0.25) is 19.2 Å². The molecule has 3 aliphatic rings. The molecule has 47 heavy (non-hydrogen) atoms. The summed E-state index contributed by atoms with van der Waals surface area (Å²) >= 11 is 0. The molecule has 2 aromatic rings. The van der Waals surface area contributed by atoms with Crippen molar-refractivity contribution in [2.45, 2.75) is 102 Å². The van der Waals surface area contributed by atoms with Crippen molar-refractivity contribution < 1.29 is 28.7 Å². The molecule has 3 N–H and O–H groups in total. The van der Waals surface area contributed by atoms with E-state index in [1.54, 1.807) is 4.90 Å². The molecule has 10 heteroatoms.